The van der Waals surface area contributed by atoms with E-state index in [2.05, 4.69) is 0 Å². The second-order valence-corrected chi connectivity index (χ2v) is 7.22. The van der Waals surface area contributed by atoms with Gasteiger partial charge in [-0.15, -0.1) is 0 Å². The van der Waals surface area contributed by atoms with Crippen LogP contribution in [0.2, 0.25) is 0 Å². The Kier molecular flexibility index (Phi) is 10.3. The Morgan fingerprint density at radius 1 is 0.700 bits per heavy atom. The fraction of sp³-hybridized carbons (Fsp3) is 1.00. The van der Waals surface area contributed by atoms with Gasteiger partial charge in [0.1, 0.15) is 49.3 Å². The number of hydrogen-bond acceptors (Lipinski definition) is 11. The lowest BCUT2D eigenvalue weighted by molar-refractivity contribution is -0.321. The average molecular weight is 440 g/mol. The largest absolute Gasteiger partial charge is 0.382 e. The minimum atomic E-state index is -1.67. The number of ether oxygens (including phenoxy) is 10. The summed E-state index contributed by atoms with van der Waals surface area (Å²) in [4.78, 5) is 0. The molecule has 2 aliphatic rings. The first-order valence-electron chi connectivity index (χ1n) is 9.73. The summed E-state index contributed by atoms with van der Waals surface area (Å²) in [7, 11) is 10.7. The van der Waals surface area contributed by atoms with Gasteiger partial charge in [0.05, 0.1) is 13.2 Å². The van der Waals surface area contributed by atoms with E-state index in [1.165, 1.54) is 21.3 Å². The summed E-state index contributed by atoms with van der Waals surface area (Å²) >= 11 is 0. The van der Waals surface area contributed by atoms with Crippen LogP contribution in [0, 0.1) is 0 Å². The van der Waals surface area contributed by atoms with E-state index in [0.29, 0.717) is 0 Å². The molecule has 0 spiro atoms. The van der Waals surface area contributed by atoms with Crippen molar-refractivity contribution in [3.63, 3.8) is 0 Å². The number of aliphatic hydroxyl groups is 1. The van der Waals surface area contributed by atoms with Crippen molar-refractivity contribution in [3.8, 4) is 0 Å². The second-order valence-electron chi connectivity index (χ2n) is 7.22. The lowest BCUT2D eigenvalue weighted by Crippen LogP contribution is -2.61. The molecule has 2 heterocycles. The molecule has 0 radical (unpaired) electrons. The van der Waals surface area contributed by atoms with E-state index in [1.54, 1.807) is 28.4 Å². The molecule has 0 aliphatic carbocycles. The maximum atomic E-state index is 10.8. The lowest BCUT2D eigenvalue weighted by Gasteiger charge is -2.44. The van der Waals surface area contributed by atoms with Gasteiger partial charge in [0.25, 0.3) is 0 Å². The third-order valence-corrected chi connectivity index (χ3v) is 5.51. The minimum Gasteiger partial charge on any atom is -0.382 e. The maximum absolute atomic E-state index is 10.8. The Labute approximate surface area is 177 Å². The third kappa shape index (κ3) is 5.30. The van der Waals surface area contributed by atoms with Gasteiger partial charge in [0.15, 0.2) is 6.29 Å². The van der Waals surface area contributed by atoms with Crippen molar-refractivity contribution < 1.29 is 52.5 Å². The summed E-state index contributed by atoms with van der Waals surface area (Å²) in [5.41, 5.74) is 0. The van der Waals surface area contributed by atoms with Gasteiger partial charge >= 0.3 is 0 Å². The number of methoxy groups -OCH3 is 7. The van der Waals surface area contributed by atoms with Crippen molar-refractivity contribution in [3.05, 3.63) is 0 Å². The van der Waals surface area contributed by atoms with Crippen LogP contribution >= 0.6 is 0 Å². The molecule has 178 valence electrons. The molecule has 1 N–H and O–H groups in total. The first kappa shape index (κ1) is 25.8. The molecule has 0 aromatic heterocycles. The zero-order chi connectivity index (χ0) is 22.3. The Morgan fingerprint density at radius 2 is 1.33 bits per heavy atom. The molecular weight excluding hydrogens is 404 g/mol. The maximum Gasteiger partial charge on any atom is 0.219 e. The van der Waals surface area contributed by atoms with E-state index in [1.807, 2.05) is 0 Å². The van der Waals surface area contributed by atoms with Gasteiger partial charge < -0.3 is 52.5 Å². The van der Waals surface area contributed by atoms with E-state index in [9.17, 15) is 5.11 Å². The molecule has 30 heavy (non-hydrogen) atoms. The van der Waals surface area contributed by atoms with Crippen LogP contribution in [0.25, 0.3) is 0 Å². The molecule has 2 aliphatic heterocycles. The summed E-state index contributed by atoms with van der Waals surface area (Å²) < 4.78 is 55.9. The van der Waals surface area contributed by atoms with Crippen molar-refractivity contribution in [1.82, 2.24) is 0 Å². The fourth-order valence-electron chi connectivity index (χ4n) is 4.20. The first-order valence-corrected chi connectivity index (χ1v) is 9.73. The van der Waals surface area contributed by atoms with Crippen LogP contribution in [-0.4, -0.2) is 130 Å². The molecule has 0 aromatic carbocycles. The van der Waals surface area contributed by atoms with Crippen LogP contribution in [0.4, 0.5) is 0 Å². The van der Waals surface area contributed by atoms with Gasteiger partial charge in [-0.2, -0.15) is 0 Å². The molecule has 0 amide bonds. The quantitative estimate of drug-likeness (QED) is 0.411. The Morgan fingerprint density at radius 3 is 1.83 bits per heavy atom. The van der Waals surface area contributed by atoms with Gasteiger partial charge in [-0.1, -0.05) is 0 Å². The Bertz CT molecular complexity index is 495. The molecule has 11 heteroatoms. The van der Waals surface area contributed by atoms with Gasteiger partial charge in [-0.25, -0.2) is 0 Å². The van der Waals surface area contributed by atoms with Crippen molar-refractivity contribution in [2.24, 2.45) is 0 Å². The first-order chi connectivity index (χ1) is 14.4. The summed E-state index contributed by atoms with van der Waals surface area (Å²) in [5.74, 6) is -1.67. The monoisotopic (exact) mass is 440 g/mol. The van der Waals surface area contributed by atoms with Crippen LogP contribution in [0.1, 0.15) is 0 Å². The van der Waals surface area contributed by atoms with Gasteiger partial charge in [0.2, 0.25) is 5.79 Å². The predicted molar refractivity (Wildman–Crippen MR) is 102 cm³/mol. The highest BCUT2D eigenvalue weighted by molar-refractivity contribution is 4.98. The molecule has 0 bridgehead atoms. The van der Waals surface area contributed by atoms with Gasteiger partial charge in [-0.05, 0) is 0 Å². The van der Waals surface area contributed by atoms with Crippen LogP contribution in [0.5, 0.6) is 0 Å². The highest BCUT2D eigenvalue weighted by atomic mass is 16.7. The predicted octanol–water partition coefficient (Wildman–Crippen LogP) is -0.817. The van der Waals surface area contributed by atoms with E-state index in [-0.39, 0.29) is 19.8 Å². The third-order valence-electron chi connectivity index (χ3n) is 5.51. The van der Waals surface area contributed by atoms with Crippen molar-refractivity contribution in [2.75, 3.05) is 69.6 Å². The molecule has 1 unspecified atom stereocenters. The highest BCUT2D eigenvalue weighted by Gasteiger charge is 2.56. The van der Waals surface area contributed by atoms with Crippen molar-refractivity contribution in [2.45, 2.75) is 54.8 Å². The summed E-state index contributed by atoms with van der Waals surface area (Å²) in [6, 6.07) is 0. The zero-order valence-corrected chi connectivity index (χ0v) is 18.8. The average Bonchev–Trinajstić information content (AvgIpc) is 3.02. The van der Waals surface area contributed by atoms with Crippen LogP contribution in [-0.2, 0) is 47.4 Å². The topological polar surface area (TPSA) is 113 Å². The molecule has 0 aromatic rings. The number of hydrogen-bond donors (Lipinski definition) is 1. The van der Waals surface area contributed by atoms with Gasteiger partial charge in [0, 0.05) is 49.8 Å². The highest BCUT2D eigenvalue weighted by Crippen LogP contribution is 2.35. The lowest BCUT2D eigenvalue weighted by atomic mass is 9.98. The zero-order valence-electron chi connectivity index (χ0n) is 18.8. The normalized spacial score (nSPS) is 42.0. The number of rotatable bonds is 12. The van der Waals surface area contributed by atoms with Crippen molar-refractivity contribution >= 4 is 0 Å². The molecule has 2 fully saturated rings. The smallest absolute Gasteiger partial charge is 0.219 e. The molecule has 9 atom stereocenters. The van der Waals surface area contributed by atoms with E-state index in [4.69, 9.17) is 47.4 Å². The second kappa shape index (κ2) is 12.0. The molecule has 0 saturated carbocycles. The summed E-state index contributed by atoms with van der Waals surface area (Å²) in [6.07, 6.45) is -4.61. The fourth-order valence-corrected chi connectivity index (χ4v) is 4.20. The van der Waals surface area contributed by atoms with Crippen molar-refractivity contribution in [1.29, 1.82) is 0 Å². The molecule has 11 nitrogen and oxygen atoms in total. The summed E-state index contributed by atoms with van der Waals surface area (Å²) in [6.45, 7) is 0.247. The molecule has 2 rings (SSSR count). The molecular formula is C19H36O11. The van der Waals surface area contributed by atoms with Crippen LogP contribution < -0.4 is 0 Å². The van der Waals surface area contributed by atoms with Crippen LogP contribution in [0.3, 0.4) is 0 Å². The van der Waals surface area contributed by atoms with E-state index < -0.39 is 54.8 Å². The minimum absolute atomic E-state index is 0.0443. The van der Waals surface area contributed by atoms with Gasteiger partial charge in [-0.3, -0.25) is 0 Å². The SMILES string of the molecule is COC[C@H]1O[C@H](OC[C@H]2OC(O)(COC)[C@@H](OC)[C@@H]2OC)[C@H](OC)[C@@H](OC)[C@@H]1OC. The Hall–Kier alpha value is -0.440. The molecule has 2 saturated heterocycles. The van der Waals surface area contributed by atoms with E-state index in [0.717, 1.165) is 0 Å². The standard InChI is InChI=1S/C19H36O11/c1-21-8-11-13(23-3)15(25-5)16(26-6)18(29-11)28-9-12-14(24-4)17(27-7)19(20,30-12)10-22-2/h11-18,20H,8-10H2,1-7H3/t11-,12-,13-,14-,15+,16-,17+,18+,19?/m1/s1. The van der Waals surface area contributed by atoms with Crippen LogP contribution in [0.15, 0.2) is 0 Å². The van der Waals surface area contributed by atoms with E-state index >= 15 is 0 Å². The summed E-state index contributed by atoms with van der Waals surface area (Å²) in [5, 5.41) is 10.8. The Balaban J connectivity index is 2.13.